The molecule has 1 atom stereocenters. The van der Waals surface area contributed by atoms with Crippen LogP contribution in [0.4, 0.5) is 5.69 Å². The zero-order valence-corrected chi connectivity index (χ0v) is 10.4. The van der Waals surface area contributed by atoms with Gasteiger partial charge in [0.1, 0.15) is 0 Å². The molecule has 1 saturated heterocycles. The molecule has 1 aliphatic heterocycles. The Hall–Kier alpha value is -1.02. The summed E-state index contributed by atoms with van der Waals surface area (Å²) in [5.74, 6) is 0.804. The monoisotopic (exact) mass is 218 g/mol. The highest BCUT2D eigenvalue weighted by Crippen LogP contribution is 2.18. The van der Waals surface area contributed by atoms with Crippen molar-refractivity contribution in [3.05, 3.63) is 29.8 Å². The highest BCUT2D eigenvalue weighted by molar-refractivity contribution is 5.50. The van der Waals surface area contributed by atoms with Crippen molar-refractivity contribution in [1.29, 1.82) is 0 Å². The van der Waals surface area contributed by atoms with Crippen molar-refractivity contribution < 1.29 is 0 Å². The molecule has 0 aromatic heterocycles. The van der Waals surface area contributed by atoms with Crippen molar-refractivity contribution in [3.63, 3.8) is 0 Å². The standard InChI is InChI=1S/C14H22N2/c1-12-6-3-4-8-14(12)15-10-13-7-5-9-16(2)11-13/h3-4,6,8,13,15H,5,7,9-11H2,1-2H3. The van der Waals surface area contributed by atoms with Gasteiger partial charge in [-0.3, -0.25) is 0 Å². The lowest BCUT2D eigenvalue weighted by atomic mass is 9.98. The van der Waals surface area contributed by atoms with Gasteiger partial charge in [0.25, 0.3) is 0 Å². The van der Waals surface area contributed by atoms with Crippen LogP contribution in [0.15, 0.2) is 24.3 Å². The van der Waals surface area contributed by atoms with Crippen LogP contribution in [0.2, 0.25) is 0 Å². The van der Waals surface area contributed by atoms with Crippen LogP contribution >= 0.6 is 0 Å². The topological polar surface area (TPSA) is 15.3 Å². The molecule has 1 heterocycles. The molecule has 16 heavy (non-hydrogen) atoms. The van der Waals surface area contributed by atoms with Gasteiger partial charge in [0.2, 0.25) is 0 Å². The third-order valence-electron chi connectivity index (χ3n) is 3.45. The maximum atomic E-state index is 3.58. The average Bonchev–Trinajstić information content (AvgIpc) is 2.28. The summed E-state index contributed by atoms with van der Waals surface area (Å²) in [5.41, 5.74) is 2.63. The van der Waals surface area contributed by atoms with Gasteiger partial charge in [-0.25, -0.2) is 0 Å². The minimum absolute atomic E-state index is 0.804. The largest absolute Gasteiger partial charge is 0.385 e. The van der Waals surface area contributed by atoms with E-state index in [1.165, 1.54) is 37.2 Å². The molecular weight excluding hydrogens is 196 g/mol. The van der Waals surface area contributed by atoms with Crippen molar-refractivity contribution in [3.8, 4) is 0 Å². The Morgan fingerprint density at radius 3 is 2.94 bits per heavy atom. The lowest BCUT2D eigenvalue weighted by Gasteiger charge is -2.30. The highest BCUT2D eigenvalue weighted by atomic mass is 15.1. The zero-order valence-electron chi connectivity index (χ0n) is 10.4. The van der Waals surface area contributed by atoms with Crippen LogP contribution < -0.4 is 5.32 Å². The van der Waals surface area contributed by atoms with Crippen LogP contribution in [-0.4, -0.2) is 31.6 Å². The Balaban J connectivity index is 1.85. The summed E-state index contributed by atoms with van der Waals surface area (Å²) < 4.78 is 0. The van der Waals surface area contributed by atoms with Gasteiger partial charge in [0, 0.05) is 18.8 Å². The first-order chi connectivity index (χ1) is 7.75. The molecule has 1 N–H and O–H groups in total. The number of anilines is 1. The van der Waals surface area contributed by atoms with Crippen LogP contribution in [0.25, 0.3) is 0 Å². The van der Waals surface area contributed by atoms with E-state index >= 15 is 0 Å². The van der Waals surface area contributed by atoms with E-state index in [0.29, 0.717) is 0 Å². The summed E-state index contributed by atoms with van der Waals surface area (Å²) in [6.45, 7) is 5.77. The van der Waals surface area contributed by atoms with Gasteiger partial charge in [-0.15, -0.1) is 0 Å². The van der Waals surface area contributed by atoms with E-state index in [1.807, 2.05) is 0 Å². The molecule has 0 bridgehead atoms. The van der Waals surface area contributed by atoms with Gasteiger partial charge in [-0.1, -0.05) is 18.2 Å². The van der Waals surface area contributed by atoms with Crippen LogP contribution in [0, 0.1) is 12.8 Å². The van der Waals surface area contributed by atoms with Gasteiger partial charge in [0.15, 0.2) is 0 Å². The summed E-state index contributed by atoms with van der Waals surface area (Å²) in [4.78, 5) is 2.44. The van der Waals surface area contributed by atoms with Crippen LogP contribution in [0.5, 0.6) is 0 Å². The Bertz CT molecular complexity index is 335. The highest BCUT2D eigenvalue weighted by Gasteiger charge is 2.16. The number of hydrogen-bond donors (Lipinski definition) is 1. The summed E-state index contributed by atoms with van der Waals surface area (Å²) in [7, 11) is 2.22. The number of likely N-dealkylation sites (tertiary alicyclic amines) is 1. The van der Waals surface area contributed by atoms with E-state index in [2.05, 4.69) is 48.5 Å². The van der Waals surface area contributed by atoms with E-state index < -0.39 is 0 Å². The summed E-state index contributed by atoms with van der Waals surface area (Å²) >= 11 is 0. The quantitative estimate of drug-likeness (QED) is 0.839. The maximum Gasteiger partial charge on any atom is 0.0369 e. The second-order valence-corrected chi connectivity index (χ2v) is 4.97. The maximum absolute atomic E-state index is 3.58. The lowest BCUT2D eigenvalue weighted by Crippen LogP contribution is -2.35. The smallest absolute Gasteiger partial charge is 0.0369 e. The van der Waals surface area contributed by atoms with Crippen molar-refractivity contribution >= 4 is 5.69 Å². The average molecular weight is 218 g/mol. The third kappa shape index (κ3) is 2.99. The summed E-state index contributed by atoms with van der Waals surface area (Å²) in [5, 5.41) is 3.58. The predicted molar refractivity (Wildman–Crippen MR) is 69.9 cm³/mol. The minimum atomic E-state index is 0.804. The molecule has 1 aromatic carbocycles. The fourth-order valence-corrected chi connectivity index (χ4v) is 2.47. The molecule has 0 saturated carbocycles. The van der Waals surface area contributed by atoms with Crippen molar-refractivity contribution in [2.45, 2.75) is 19.8 Å². The molecule has 1 unspecified atom stereocenters. The fourth-order valence-electron chi connectivity index (χ4n) is 2.47. The second kappa shape index (κ2) is 5.35. The van der Waals surface area contributed by atoms with Gasteiger partial charge in [-0.05, 0) is 50.9 Å². The molecule has 0 aliphatic carbocycles. The number of piperidine rings is 1. The second-order valence-electron chi connectivity index (χ2n) is 4.97. The number of rotatable bonds is 3. The molecule has 88 valence electrons. The number of hydrogen-bond acceptors (Lipinski definition) is 2. The molecule has 0 amide bonds. The van der Waals surface area contributed by atoms with Gasteiger partial charge in [0.05, 0.1) is 0 Å². The molecule has 2 rings (SSSR count). The first kappa shape index (κ1) is 11.5. The van der Waals surface area contributed by atoms with Crippen molar-refractivity contribution in [2.75, 3.05) is 32.0 Å². The number of aryl methyl sites for hydroxylation is 1. The predicted octanol–water partition coefficient (Wildman–Crippen LogP) is 2.75. The summed E-state index contributed by atoms with van der Waals surface area (Å²) in [6.07, 6.45) is 2.71. The van der Waals surface area contributed by atoms with E-state index in [9.17, 15) is 0 Å². The van der Waals surface area contributed by atoms with Gasteiger partial charge >= 0.3 is 0 Å². The van der Waals surface area contributed by atoms with Gasteiger partial charge in [-0.2, -0.15) is 0 Å². The normalized spacial score (nSPS) is 22.0. The number of benzene rings is 1. The first-order valence-electron chi connectivity index (χ1n) is 6.24. The Labute approximate surface area is 98.7 Å². The van der Waals surface area contributed by atoms with Crippen molar-refractivity contribution in [1.82, 2.24) is 4.90 Å². The lowest BCUT2D eigenvalue weighted by molar-refractivity contribution is 0.217. The third-order valence-corrected chi connectivity index (χ3v) is 3.45. The summed E-state index contributed by atoms with van der Waals surface area (Å²) in [6, 6.07) is 8.52. The molecule has 2 heteroatoms. The van der Waals surface area contributed by atoms with E-state index in [0.717, 1.165) is 12.5 Å². The number of nitrogens with one attached hydrogen (secondary N) is 1. The van der Waals surface area contributed by atoms with E-state index in [1.54, 1.807) is 0 Å². The number of nitrogens with zero attached hydrogens (tertiary/aromatic N) is 1. The Morgan fingerprint density at radius 2 is 2.19 bits per heavy atom. The van der Waals surface area contributed by atoms with Crippen LogP contribution in [-0.2, 0) is 0 Å². The van der Waals surface area contributed by atoms with Crippen LogP contribution in [0.3, 0.4) is 0 Å². The molecular formula is C14H22N2. The number of para-hydroxylation sites is 1. The minimum Gasteiger partial charge on any atom is -0.385 e. The molecule has 0 radical (unpaired) electrons. The Kier molecular flexibility index (Phi) is 3.83. The van der Waals surface area contributed by atoms with Crippen molar-refractivity contribution in [2.24, 2.45) is 5.92 Å². The SMILES string of the molecule is Cc1ccccc1NCC1CCCN(C)C1. The fraction of sp³-hybridized carbons (Fsp3) is 0.571. The molecule has 0 spiro atoms. The molecule has 2 nitrogen and oxygen atoms in total. The molecule has 1 aliphatic rings. The first-order valence-corrected chi connectivity index (χ1v) is 6.24. The van der Waals surface area contributed by atoms with Crippen LogP contribution in [0.1, 0.15) is 18.4 Å². The molecule has 1 fully saturated rings. The Morgan fingerprint density at radius 1 is 1.38 bits per heavy atom. The van der Waals surface area contributed by atoms with E-state index in [4.69, 9.17) is 0 Å². The zero-order chi connectivity index (χ0) is 11.4. The van der Waals surface area contributed by atoms with Gasteiger partial charge < -0.3 is 10.2 Å². The van der Waals surface area contributed by atoms with E-state index in [-0.39, 0.29) is 0 Å². The molecule has 1 aromatic rings.